The van der Waals surface area contributed by atoms with Gasteiger partial charge in [-0.25, -0.2) is 14.4 Å². The first-order valence-electron chi connectivity index (χ1n) is 6.87. The molecule has 1 aromatic carbocycles. The lowest BCUT2D eigenvalue weighted by molar-refractivity contribution is 0.604. The standard InChI is InChI=1S/C15H14FN5S/c1-2-21-13(8-11-6-4-3-5-7-11)19-20-15(21)22-14-17-9-12(16)10-18-14/h3-7,9-10H,2,8H2,1H3. The van der Waals surface area contributed by atoms with Crippen LogP contribution in [0.1, 0.15) is 18.3 Å². The summed E-state index contributed by atoms with van der Waals surface area (Å²) in [5, 5.41) is 9.62. The lowest BCUT2D eigenvalue weighted by Crippen LogP contribution is -2.04. The van der Waals surface area contributed by atoms with Gasteiger partial charge in [-0.05, 0) is 24.2 Å². The molecule has 0 saturated carbocycles. The first-order chi connectivity index (χ1) is 10.8. The molecule has 3 aromatic rings. The monoisotopic (exact) mass is 315 g/mol. The molecule has 3 rings (SSSR count). The van der Waals surface area contributed by atoms with Crippen molar-refractivity contribution in [1.82, 2.24) is 24.7 Å². The third kappa shape index (κ3) is 3.30. The minimum atomic E-state index is -0.453. The average molecular weight is 315 g/mol. The molecule has 0 aliphatic rings. The predicted octanol–water partition coefficient (Wildman–Crippen LogP) is 2.97. The van der Waals surface area contributed by atoms with Crippen molar-refractivity contribution in [3.05, 3.63) is 59.9 Å². The molecule has 0 unspecified atom stereocenters. The molecule has 2 aromatic heterocycles. The van der Waals surface area contributed by atoms with Crippen molar-refractivity contribution >= 4 is 11.8 Å². The van der Waals surface area contributed by atoms with Crippen molar-refractivity contribution in [2.75, 3.05) is 0 Å². The molecule has 2 heterocycles. The van der Waals surface area contributed by atoms with Crippen LogP contribution in [0.15, 0.2) is 53.0 Å². The number of benzene rings is 1. The smallest absolute Gasteiger partial charge is 0.199 e. The quantitative estimate of drug-likeness (QED) is 0.678. The van der Waals surface area contributed by atoms with Crippen molar-refractivity contribution in [3.63, 3.8) is 0 Å². The summed E-state index contributed by atoms with van der Waals surface area (Å²) in [7, 11) is 0. The second-order valence-electron chi connectivity index (χ2n) is 4.59. The van der Waals surface area contributed by atoms with Gasteiger partial charge in [0.25, 0.3) is 0 Å². The first kappa shape index (κ1) is 14.6. The predicted molar refractivity (Wildman–Crippen MR) is 81.1 cm³/mol. The molecule has 5 nitrogen and oxygen atoms in total. The van der Waals surface area contributed by atoms with E-state index in [-0.39, 0.29) is 0 Å². The highest BCUT2D eigenvalue weighted by Crippen LogP contribution is 2.24. The summed E-state index contributed by atoms with van der Waals surface area (Å²) in [5.41, 5.74) is 1.18. The van der Waals surface area contributed by atoms with Gasteiger partial charge in [0.2, 0.25) is 0 Å². The second-order valence-corrected chi connectivity index (χ2v) is 5.53. The Kier molecular flexibility index (Phi) is 4.43. The minimum absolute atomic E-state index is 0.453. The zero-order valence-corrected chi connectivity index (χ0v) is 12.8. The van der Waals surface area contributed by atoms with Crippen LogP contribution in [0.25, 0.3) is 0 Å². The molecule has 0 atom stereocenters. The Balaban J connectivity index is 1.82. The van der Waals surface area contributed by atoms with E-state index in [9.17, 15) is 4.39 Å². The van der Waals surface area contributed by atoms with Gasteiger partial charge in [0, 0.05) is 13.0 Å². The van der Waals surface area contributed by atoms with E-state index in [1.54, 1.807) is 0 Å². The van der Waals surface area contributed by atoms with Crippen molar-refractivity contribution in [2.45, 2.75) is 30.2 Å². The van der Waals surface area contributed by atoms with Crippen molar-refractivity contribution in [1.29, 1.82) is 0 Å². The Hall–Kier alpha value is -2.28. The van der Waals surface area contributed by atoms with Crippen LogP contribution in [-0.4, -0.2) is 24.7 Å². The third-order valence-electron chi connectivity index (χ3n) is 3.09. The Morgan fingerprint density at radius 2 is 1.82 bits per heavy atom. The topological polar surface area (TPSA) is 56.5 Å². The van der Waals surface area contributed by atoms with Crippen LogP contribution in [-0.2, 0) is 13.0 Å². The van der Waals surface area contributed by atoms with Gasteiger partial charge in [0.05, 0.1) is 12.4 Å². The fourth-order valence-electron chi connectivity index (χ4n) is 2.06. The zero-order chi connectivity index (χ0) is 15.4. The van der Waals surface area contributed by atoms with Crippen LogP contribution >= 0.6 is 11.8 Å². The highest BCUT2D eigenvalue weighted by molar-refractivity contribution is 7.99. The molecule has 7 heteroatoms. The summed E-state index contributed by atoms with van der Waals surface area (Å²) in [5.74, 6) is 0.435. The van der Waals surface area contributed by atoms with Gasteiger partial charge >= 0.3 is 0 Å². The molecule has 0 N–H and O–H groups in total. The lowest BCUT2D eigenvalue weighted by Gasteiger charge is -2.06. The Labute approximate surface area is 131 Å². The summed E-state index contributed by atoms with van der Waals surface area (Å²) in [6.07, 6.45) is 3.01. The van der Waals surface area contributed by atoms with Gasteiger partial charge in [-0.1, -0.05) is 30.3 Å². The van der Waals surface area contributed by atoms with Crippen molar-refractivity contribution in [3.8, 4) is 0 Å². The highest BCUT2D eigenvalue weighted by atomic mass is 32.2. The van der Waals surface area contributed by atoms with Crippen LogP contribution in [0, 0.1) is 5.82 Å². The lowest BCUT2D eigenvalue weighted by atomic mass is 10.1. The molecule has 0 fully saturated rings. The van der Waals surface area contributed by atoms with E-state index >= 15 is 0 Å². The molecule has 0 amide bonds. The number of aromatic nitrogens is 5. The Bertz CT molecular complexity index is 742. The third-order valence-corrected chi connectivity index (χ3v) is 3.97. The summed E-state index contributed by atoms with van der Waals surface area (Å²) in [4.78, 5) is 7.88. The molecule has 22 heavy (non-hydrogen) atoms. The molecule has 0 radical (unpaired) electrons. The number of hydrogen-bond donors (Lipinski definition) is 0. The van der Waals surface area contributed by atoms with Gasteiger partial charge in [-0.15, -0.1) is 10.2 Å². The molecule has 0 aliphatic heterocycles. The molecule has 112 valence electrons. The van der Waals surface area contributed by atoms with Gasteiger partial charge in [0.1, 0.15) is 5.82 Å². The van der Waals surface area contributed by atoms with Crippen LogP contribution in [0.2, 0.25) is 0 Å². The normalized spacial score (nSPS) is 10.8. The van der Waals surface area contributed by atoms with Gasteiger partial charge in [-0.2, -0.15) is 0 Å². The van der Waals surface area contributed by atoms with E-state index in [0.717, 1.165) is 24.8 Å². The molecule has 0 spiro atoms. The fraction of sp³-hybridized carbons (Fsp3) is 0.200. The number of rotatable bonds is 5. The number of halogens is 1. The molecular formula is C15H14FN5S. The Morgan fingerprint density at radius 1 is 1.09 bits per heavy atom. The number of hydrogen-bond acceptors (Lipinski definition) is 5. The summed E-state index contributed by atoms with van der Waals surface area (Å²) >= 11 is 1.28. The zero-order valence-electron chi connectivity index (χ0n) is 12.0. The maximum Gasteiger partial charge on any atom is 0.199 e. The van der Waals surface area contributed by atoms with Crippen molar-refractivity contribution < 1.29 is 4.39 Å². The maximum absolute atomic E-state index is 12.8. The van der Waals surface area contributed by atoms with Gasteiger partial charge < -0.3 is 4.57 Å². The molecule has 0 aliphatic carbocycles. The van der Waals surface area contributed by atoms with Crippen LogP contribution < -0.4 is 0 Å². The summed E-state index contributed by atoms with van der Waals surface area (Å²) in [6, 6.07) is 10.1. The average Bonchev–Trinajstić information content (AvgIpc) is 2.92. The van der Waals surface area contributed by atoms with E-state index in [1.165, 1.54) is 17.3 Å². The van der Waals surface area contributed by atoms with E-state index in [4.69, 9.17) is 0 Å². The minimum Gasteiger partial charge on any atom is -0.306 e. The maximum atomic E-state index is 12.8. The highest BCUT2D eigenvalue weighted by Gasteiger charge is 2.13. The largest absolute Gasteiger partial charge is 0.306 e. The summed E-state index contributed by atoms with van der Waals surface area (Å²) < 4.78 is 14.9. The second kappa shape index (κ2) is 6.65. The van der Waals surface area contributed by atoms with Crippen molar-refractivity contribution in [2.24, 2.45) is 0 Å². The molecular weight excluding hydrogens is 301 g/mol. The van der Waals surface area contributed by atoms with E-state index < -0.39 is 5.82 Å². The molecule has 0 saturated heterocycles. The van der Waals surface area contributed by atoms with E-state index in [0.29, 0.717) is 16.7 Å². The van der Waals surface area contributed by atoms with Crippen LogP contribution in [0.4, 0.5) is 4.39 Å². The SMILES string of the molecule is CCn1c(Cc2ccccc2)nnc1Sc1ncc(F)cn1. The Morgan fingerprint density at radius 3 is 2.50 bits per heavy atom. The van der Waals surface area contributed by atoms with Gasteiger partial charge in [-0.3, -0.25) is 0 Å². The van der Waals surface area contributed by atoms with Crippen LogP contribution in [0.3, 0.4) is 0 Å². The van der Waals surface area contributed by atoms with Gasteiger partial charge in [0.15, 0.2) is 16.1 Å². The van der Waals surface area contributed by atoms with Crippen LogP contribution in [0.5, 0.6) is 0 Å². The summed E-state index contributed by atoms with van der Waals surface area (Å²) in [6.45, 7) is 2.78. The fourth-order valence-corrected chi connectivity index (χ4v) is 2.86. The molecule has 0 bridgehead atoms. The number of nitrogens with zero attached hydrogens (tertiary/aromatic N) is 5. The first-order valence-corrected chi connectivity index (χ1v) is 7.69. The van der Waals surface area contributed by atoms with E-state index in [2.05, 4.69) is 32.3 Å². The van der Waals surface area contributed by atoms with E-state index in [1.807, 2.05) is 29.7 Å².